The van der Waals surface area contributed by atoms with Crippen molar-refractivity contribution in [3.8, 4) is 0 Å². The Kier molecular flexibility index (Phi) is 5.90. The molecule has 1 aromatic carbocycles. The summed E-state index contributed by atoms with van der Waals surface area (Å²) < 4.78 is 174. The first-order valence-electron chi connectivity index (χ1n) is 7.89. The number of aromatic nitrogens is 3. The second-order valence-electron chi connectivity index (χ2n) is 6.38. The van der Waals surface area contributed by atoms with E-state index < -0.39 is 53.6 Å². The summed E-state index contributed by atoms with van der Waals surface area (Å²) in [4.78, 5) is 3.46. The van der Waals surface area contributed by atoms with Crippen molar-refractivity contribution < 1.29 is 57.1 Å². The highest BCUT2D eigenvalue weighted by Crippen LogP contribution is 2.62. The Morgan fingerprint density at radius 2 is 1.28 bits per heavy atom. The maximum Gasteiger partial charge on any atom is 0.460 e. The Hall–Kier alpha value is -2.75. The van der Waals surface area contributed by atoms with E-state index in [4.69, 9.17) is 5.73 Å². The first-order valence-corrected chi connectivity index (χ1v) is 7.89. The Labute approximate surface area is 168 Å². The molecule has 0 aliphatic heterocycles. The van der Waals surface area contributed by atoms with E-state index in [1.165, 1.54) is 0 Å². The zero-order valence-corrected chi connectivity index (χ0v) is 14.9. The van der Waals surface area contributed by atoms with E-state index >= 15 is 0 Å². The minimum absolute atomic E-state index is 0.0566. The average Bonchev–Trinajstić information content (AvgIpc) is 3.14. The van der Waals surface area contributed by atoms with Crippen LogP contribution in [0, 0.1) is 0 Å². The number of halogens is 13. The third kappa shape index (κ3) is 3.60. The summed E-state index contributed by atoms with van der Waals surface area (Å²) >= 11 is 0. The molecule has 2 rings (SSSR count). The summed E-state index contributed by atoms with van der Waals surface area (Å²) in [6, 6.07) is 1.45. The van der Waals surface area contributed by atoms with Crippen LogP contribution in [0.5, 0.6) is 0 Å². The molecule has 0 unspecified atom stereocenters. The average molecular weight is 492 g/mol. The number of nitrogens with two attached hydrogens (primary N) is 1. The van der Waals surface area contributed by atoms with Gasteiger partial charge in [0.25, 0.3) is 0 Å². The number of alkyl halides is 13. The molecule has 0 fully saturated rings. The molecule has 1 aromatic heterocycles. The van der Waals surface area contributed by atoms with Gasteiger partial charge in [-0.1, -0.05) is 6.07 Å². The van der Waals surface area contributed by atoms with Gasteiger partial charge in [-0.05, 0) is 17.7 Å². The van der Waals surface area contributed by atoms with Crippen LogP contribution in [0.25, 0.3) is 0 Å². The van der Waals surface area contributed by atoms with Gasteiger partial charge in [0.1, 0.15) is 12.7 Å². The van der Waals surface area contributed by atoms with E-state index in [9.17, 15) is 57.1 Å². The van der Waals surface area contributed by atoms with Crippen LogP contribution < -0.4 is 5.73 Å². The van der Waals surface area contributed by atoms with E-state index in [-0.39, 0.29) is 11.6 Å². The van der Waals surface area contributed by atoms with Crippen molar-refractivity contribution in [2.45, 2.75) is 42.3 Å². The topological polar surface area (TPSA) is 56.7 Å². The summed E-state index contributed by atoms with van der Waals surface area (Å²) in [5, 5.41) is 3.53. The van der Waals surface area contributed by atoms with Crippen molar-refractivity contribution in [1.82, 2.24) is 14.8 Å². The molecule has 0 saturated heterocycles. The molecule has 17 heteroatoms. The maximum atomic E-state index is 14.4. The molecule has 2 aromatic rings. The minimum Gasteiger partial charge on any atom is -0.398 e. The van der Waals surface area contributed by atoms with Gasteiger partial charge in [0, 0.05) is 5.69 Å². The molecular weight excluding hydrogens is 483 g/mol. The molecule has 0 aliphatic rings. The highest BCUT2D eigenvalue weighted by molar-refractivity contribution is 5.52. The minimum atomic E-state index is -7.97. The fourth-order valence-electron chi connectivity index (χ4n) is 2.41. The van der Waals surface area contributed by atoms with Crippen molar-refractivity contribution >= 4 is 5.69 Å². The van der Waals surface area contributed by atoms with Crippen LogP contribution in [-0.2, 0) is 12.5 Å². The van der Waals surface area contributed by atoms with Crippen molar-refractivity contribution in [1.29, 1.82) is 0 Å². The van der Waals surface area contributed by atoms with Crippen LogP contribution in [0.4, 0.5) is 62.8 Å². The molecule has 4 nitrogen and oxygen atoms in total. The van der Waals surface area contributed by atoms with Crippen molar-refractivity contribution in [2.75, 3.05) is 5.73 Å². The lowest BCUT2D eigenvalue weighted by Gasteiger charge is -2.40. The SMILES string of the molecule is Nc1ccc(Cn2cncn2)cc1C(F)(F)C(F)(F)C(F)(F)C(F)(F)C(F)(F)C(F)(F)F. The van der Waals surface area contributed by atoms with Crippen LogP contribution in [0.3, 0.4) is 0 Å². The fourth-order valence-corrected chi connectivity index (χ4v) is 2.41. The van der Waals surface area contributed by atoms with E-state index in [2.05, 4.69) is 10.1 Å². The molecule has 0 atom stereocenters. The molecule has 32 heavy (non-hydrogen) atoms. The summed E-state index contributed by atoms with van der Waals surface area (Å²) in [7, 11) is 0. The fraction of sp³-hybridized carbons (Fsp3) is 0.467. The lowest BCUT2D eigenvalue weighted by Crippen LogP contribution is -2.69. The smallest absolute Gasteiger partial charge is 0.398 e. The Morgan fingerprint density at radius 1 is 0.750 bits per heavy atom. The highest BCUT2D eigenvalue weighted by atomic mass is 19.4. The van der Waals surface area contributed by atoms with Crippen LogP contribution in [-0.4, -0.2) is 44.6 Å². The number of rotatable bonds is 7. The van der Waals surface area contributed by atoms with Crippen molar-refractivity contribution in [3.05, 3.63) is 42.0 Å². The number of nitrogen functional groups attached to an aromatic ring is 1. The number of anilines is 1. The second-order valence-corrected chi connectivity index (χ2v) is 6.38. The largest absolute Gasteiger partial charge is 0.460 e. The normalized spacial score (nSPS) is 14.7. The van der Waals surface area contributed by atoms with Gasteiger partial charge in [0.05, 0.1) is 12.1 Å². The van der Waals surface area contributed by atoms with Gasteiger partial charge in [0.15, 0.2) is 0 Å². The van der Waals surface area contributed by atoms with E-state index in [0.717, 1.165) is 23.4 Å². The van der Waals surface area contributed by atoms with E-state index in [1.54, 1.807) is 0 Å². The Bertz CT molecular complexity index is 951. The zero-order chi connectivity index (χ0) is 25.0. The molecule has 0 bridgehead atoms. The van der Waals surface area contributed by atoms with Crippen LogP contribution in [0.15, 0.2) is 30.9 Å². The van der Waals surface area contributed by atoms with Crippen molar-refractivity contribution in [3.63, 3.8) is 0 Å². The van der Waals surface area contributed by atoms with Crippen LogP contribution in [0.2, 0.25) is 0 Å². The third-order valence-electron chi connectivity index (χ3n) is 4.20. The standard InChI is InChI=1S/C15H9F13N4/c16-10(17,8-3-7(1-2-9(8)29)4-32-6-30-5-31-32)11(18,19)12(20,21)13(22,23)14(24,25)15(26,27)28/h1-3,5-6H,4,29H2. The molecule has 0 saturated carbocycles. The summed E-state index contributed by atoms with van der Waals surface area (Å²) in [5.41, 5.74) is 1.08. The van der Waals surface area contributed by atoms with Gasteiger partial charge in [0.2, 0.25) is 0 Å². The third-order valence-corrected chi connectivity index (χ3v) is 4.20. The molecule has 2 N–H and O–H groups in total. The number of nitrogens with zero attached hydrogens (tertiary/aromatic N) is 3. The van der Waals surface area contributed by atoms with Gasteiger partial charge >= 0.3 is 35.8 Å². The lowest BCUT2D eigenvalue weighted by molar-refractivity contribution is -0.441. The molecular formula is C15H9F13N4. The summed E-state index contributed by atoms with van der Waals surface area (Å²) in [6.45, 7) is -0.492. The van der Waals surface area contributed by atoms with Gasteiger partial charge in [-0.25, -0.2) is 9.67 Å². The second kappa shape index (κ2) is 7.40. The van der Waals surface area contributed by atoms with Gasteiger partial charge in [-0.2, -0.15) is 62.2 Å². The van der Waals surface area contributed by atoms with Gasteiger partial charge < -0.3 is 5.73 Å². The number of hydrogen-bond acceptors (Lipinski definition) is 3. The molecule has 1 heterocycles. The first kappa shape index (κ1) is 25.5. The summed E-state index contributed by atoms with van der Waals surface area (Å²) in [6.07, 6.45) is -5.50. The quantitative estimate of drug-likeness (QED) is 0.432. The monoisotopic (exact) mass is 492 g/mol. The van der Waals surface area contributed by atoms with Crippen molar-refractivity contribution in [2.24, 2.45) is 0 Å². The van der Waals surface area contributed by atoms with Crippen LogP contribution >= 0.6 is 0 Å². The van der Waals surface area contributed by atoms with Crippen LogP contribution in [0.1, 0.15) is 11.1 Å². The predicted octanol–water partition coefficient (Wildman–Crippen LogP) is 5.10. The highest BCUT2D eigenvalue weighted by Gasteiger charge is 2.91. The lowest BCUT2D eigenvalue weighted by atomic mass is 9.89. The number of hydrogen-bond donors (Lipinski definition) is 1. The van der Waals surface area contributed by atoms with E-state index in [0.29, 0.717) is 6.07 Å². The predicted molar refractivity (Wildman–Crippen MR) is 79.7 cm³/mol. The maximum absolute atomic E-state index is 14.4. The number of benzene rings is 1. The van der Waals surface area contributed by atoms with E-state index in [1.807, 2.05) is 0 Å². The Balaban J connectivity index is 2.59. The summed E-state index contributed by atoms with van der Waals surface area (Å²) in [5.74, 6) is -37.5. The molecule has 0 aliphatic carbocycles. The first-order chi connectivity index (χ1) is 14.2. The molecule has 0 radical (unpaired) electrons. The molecule has 180 valence electrons. The Morgan fingerprint density at radius 3 is 1.75 bits per heavy atom. The zero-order valence-electron chi connectivity index (χ0n) is 14.9. The molecule has 0 amide bonds. The van der Waals surface area contributed by atoms with Gasteiger partial charge in [-0.3, -0.25) is 0 Å². The van der Waals surface area contributed by atoms with Gasteiger partial charge in [-0.15, -0.1) is 0 Å². The molecule has 0 spiro atoms.